The molecule has 1 atom stereocenters. The van der Waals surface area contributed by atoms with E-state index in [1.165, 1.54) is 7.11 Å². The van der Waals surface area contributed by atoms with E-state index >= 15 is 0 Å². The third kappa shape index (κ3) is 5.16. The van der Waals surface area contributed by atoms with E-state index in [4.69, 9.17) is 14.2 Å². The van der Waals surface area contributed by atoms with Gasteiger partial charge in [-0.05, 0) is 39.7 Å². The summed E-state index contributed by atoms with van der Waals surface area (Å²) in [4.78, 5) is 23.2. The van der Waals surface area contributed by atoms with Gasteiger partial charge >= 0.3 is 11.9 Å². The van der Waals surface area contributed by atoms with Gasteiger partial charge in [0.15, 0.2) is 6.79 Å². The number of likely N-dealkylation sites (N-methyl/N-ethyl adjacent to an activating group) is 1. The van der Waals surface area contributed by atoms with Crippen LogP contribution >= 0.6 is 0 Å². The van der Waals surface area contributed by atoms with E-state index in [0.717, 1.165) is 0 Å². The zero-order chi connectivity index (χ0) is 14.3. The van der Waals surface area contributed by atoms with E-state index in [2.05, 4.69) is 5.32 Å². The van der Waals surface area contributed by atoms with Gasteiger partial charge in [0.05, 0.1) is 5.92 Å². The second-order valence-corrected chi connectivity index (χ2v) is 4.79. The molecule has 0 aromatic rings. The first-order chi connectivity index (χ1) is 9.08. The first-order valence-electron chi connectivity index (χ1n) is 6.61. The number of hydrogen-bond donors (Lipinski definition) is 1. The number of nitrogens with one attached hydrogen (secondary N) is 1. The van der Waals surface area contributed by atoms with Crippen molar-refractivity contribution in [1.82, 2.24) is 5.32 Å². The van der Waals surface area contributed by atoms with Gasteiger partial charge in [-0.1, -0.05) is 0 Å². The van der Waals surface area contributed by atoms with Crippen LogP contribution in [0.15, 0.2) is 0 Å². The molecule has 1 unspecified atom stereocenters. The van der Waals surface area contributed by atoms with E-state index < -0.39 is 0 Å². The molecule has 0 aromatic carbocycles. The molecule has 1 rings (SSSR count). The van der Waals surface area contributed by atoms with Crippen LogP contribution in [-0.4, -0.2) is 45.0 Å². The maximum Gasteiger partial charge on any atom is 0.323 e. The summed E-state index contributed by atoms with van der Waals surface area (Å²) < 4.78 is 15.0. The molecule has 1 aliphatic carbocycles. The fourth-order valence-corrected chi connectivity index (χ4v) is 2.04. The minimum Gasteiger partial charge on any atom is -0.461 e. The third-order valence-corrected chi connectivity index (χ3v) is 3.40. The molecule has 0 aromatic heterocycles. The predicted molar refractivity (Wildman–Crippen MR) is 68.3 cm³/mol. The lowest BCUT2D eigenvalue weighted by Crippen LogP contribution is -2.36. The zero-order valence-electron chi connectivity index (χ0n) is 11.8. The normalized spacial score (nSPS) is 24.6. The summed E-state index contributed by atoms with van der Waals surface area (Å²) in [7, 11) is 3.20. The Morgan fingerprint density at radius 2 is 1.89 bits per heavy atom. The molecule has 0 radical (unpaired) electrons. The highest BCUT2D eigenvalue weighted by Gasteiger charge is 2.29. The van der Waals surface area contributed by atoms with Crippen LogP contribution in [0.1, 0.15) is 32.6 Å². The summed E-state index contributed by atoms with van der Waals surface area (Å²) in [5, 5.41) is 2.84. The SMILES string of the molecule is CNC(C)C(=O)OC1CCC(C(=O)OCOC)CC1. The molecule has 1 fully saturated rings. The molecule has 6 nitrogen and oxygen atoms in total. The van der Waals surface area contributed by atoms with Crippen molar-refractivity contribution in [2.75, 3.05) is 21.0 Å². The van der Waals surface area contributed by atoms with E-state index in [0.29, 0.717) is 25.7 Å². The number of methoxy groups -OCH3 is 1. The lowest BCUT2D eigenvalue weighted by Gasteiger charge is -2.27. The van der Waals surface area contributed by atoms with Gasteiger partial charge in [0.25, 0.3) is 0 Å². The Hall–Kier alpha value is -1.14. The second kappa shape index (κ2) is 8.12. The summed E-state index contributed by atoms with van der Waals surface area (Å²) in [6, 6.07) is -0.301. The minimum absolute atomic E-state index is 0.00652. The Morgan fingerprint density at radius 3 is 2.42 bits per heavy atom. The average molecular weight is 273 g/mol. The highest BCUT2D eigenvalue weighted by molar-refractivity contribution is 5.75. The van der Waals surface area contributed by atoms with Gasteiger partial charge in [-0.2, -0.15) is 0 Å². The largest absolute Gasteiger partial charge is 0.461 e. The highest BCUT2D eigenvalue weighted by Crippen LogP contribution is 2.27. The van der Waals surface area contributed by atoms with Crippen molar-refractivity contribution in [3.05, 3.63) is 0 Å². The van der Waals surface area contributed by atoms with E-state index in [9.17, 15) is 9.59 Å². The molecule has 0 amide bonds. The molecular weight excluding hydrogens is 250 g/mol. The van der Waals surface area contributed by atoms with Crippen molar-refractivity contribution in [2.45, 2.75) is 44.8 Å². The lowest BCUT2D eigenvalue weighted by molar-refractivity contribution is -0.162. The molecule has 0 heterocycles. The van der Waals surface area contributed by atoms with Crippen molar-refractivity contribution >= 4 is 11.9 Å². The van der Waals surface area contributed by atoms with E-state index in [1.807, 2.05) is 0 Å². The number of carbonyl (C=O) groups excluding carboxylic acids is 2. The molecule has 110 valence electrons. The summed E-state index contributed by atoms with van der Waals surface area (Å²) >= 11 is 0. The van der Waals surface area contributed by atoms with Gasteiger partial charge in [0, 0.05) is 7.11 Å². The highest BCUT2D eigenvalue weighted by atomic mass is 16.7. The van der Waals surface area contributed by atoms with Gasteiger partial charge < -0.3 is 19.5 Å². The van der Waals surface area contributed by atoms with Gasteiger partial charge in [-0.25, -0.2) is 0 Å². The van der Waals surface area contributed by atoms with E-state index in [1.54, 1.807) is 14.0 Å². The van der Waals surface area contributed by atoms with E-state index in [-0.39, 0.29) is 36.8 Å². The lowest BCUT2D eigenvalue weighted by atomic mass is 9.87. The van der Waals surface area contributed by atoms with Gasteiger partial charge in [-0.15, -0.1) is 0 Å². The molecule has 0 saturated heterocycles. The number of ether oxygens (including phenoxy) is 3. The molecule has 0 bridgehead atoms. The first-order valence-corrected chi connectivity index (χ1v) is 6.61. The Bertz CT molecular complexity index is 299. The fourth-order valence-electron chi connectivity index (χ4n) is 2.04. The maximum atomic E-state index is 11.6. The molecule has 1 saturated carbocycles. The summed E-state index contributed by atoms with van der Waals surface area (Å²) in [5.41, 5.74) is 0. The Labute approximate surface area is 113 Å². The number of rotatable bonds is 6. The average Bonchev–Trinajstić information content (AvgIpc) is 2.44. The monoisotopic (exact) mass is 273 g/mol. The van der Waals surface area contributed by atoms with Crippen LogP contribution in [0.25, 0.3) is 0 Å². The third-order valence-electron chi connectivity index (χ3n) is 3.40. The smallest absolute Gasteiger partial charge is 0.323 e. The van der Waals surface area contributed by atoms with Crippen LogP contribution in [0.3, 0.4) is 0 Å². The quantitative estimate of drug-likeness (QED) is 0.571. The van der Waals surface area contributed by atoms with Crippen LogP contribution in [0.2, 0.25) is 0 Å². The van der Waals surface area contributed by atoms with Gasteiger partial charge in [0.2, 0.25) is 0 Å². The minimum atomic E-state index is -0.301. The van der Waals surface area contributed by atoms with Gasteiger partial charge in [0.1, 0.15) is 12.1 Å². The Kier molecular flexibility index (Phi) is 6.80. The predicted octanol–water partition coefficient (Wildman–Crippen LogP) is 0.843. The number of carbonyl (C=O) groups is 2. The zero-order valence-corrected chi connectivity index (χ0v) is 11.8. The van der Waals surface area contributed by atoms with Gasteiger partial charge in [-0.3, -0.25) is 9.59 Å². The second-order valence-electron chi connectivity index (χ2n) is 4.79. The van der Waals surface area contributed by atoms with Crippen LogP contribution in [0, 0.1) is 5.92 Å². The first kappa shape index (κ1) is 15.9. The standard InChI is InChI=1S/C13H23NO5/c1-9(14-2)12(15)19-11-6-4-10(5-7-11)13(16)18-8-17-3/h9-11,14H,4-8H2,1-3H3. The van der Waals surface area contributed by atoms with Crippen LogP contribution in [0.4, 0.5) is 0 Å². The van der Waals surface area contributed by atoms with Crippen molar-refractivity contribution in [3.63, 3.8) is 0 Å². The molecule has 0 spiro atoms. The fraction of sp³-hybridized carbons (Fsp3) is 0.846. The summed E-state index contributed by atoms with van der Waals surface area (Å²) in [5.74, 6) is -0.574. The Balaban J connectivity index is 2.29. The molecule has 1 aliphatic rings. The molecule has 1 N–H and O–H groups in total. The van der Waals surface area contributed by atoms with Crippen LogP contribution < -0.4 is 5.32 Å². The number of hydrogen-bond acceptors (Lipinski definition) is 6. The summed E-state index contributed by atoms with van der Waals surface area (Å²) in [6.07, 6.45) is 2.70. The van der Waals surface area contributed by atoms with Crippen molar-refractivity contribution in [2.24, 2.45) is 5.92 Å². The molecule has 19 heavy (non-hydrogen) atoms. The van der Waals surface area contributed by atoms with Crippen LogP contribution in [-0.2, 0) is 23.8 Å². The van der Waals surface area contributed by atoms with Crippen molar-refractivity contribution in [1.29, 1.82) is 0 Å². The maximum absolute atomic E-state index is 11.6. The molecule has 0 aliphatic heterocycles. The van der Waals surface area contributed by atoms with Crippen LogP contribution in [0.5, 0.6) is 0 Å². The Morgan fingerprint density at radius 1 is 1.26 bits per heavy atom. The summed E-state index contributed by atoms with van der Waals surface area (Å²) in [6.45, 7) is 1.75. The molecule has 6 heteroatoms. The topological polar surface area (TPSA) is 73.9 Å². The molecular formula is C13H23NO5. The number of esters is 2. The van der Waals surface area contributed by atoms with Crippen molar-refractivity contribution < 1.29 is 23.8 Å². The van der Waals surface area contributed by atoms with Crippen molar-refractivity contribution in [3.8, 4) is 0 Å².